The van der Waals surface area contributed by atoms with Crippen molar-refractivity contribution < 1.29 is 4.74 Å². The highest BCUT2D eigenvalue weighted by Crippen LogP contribution is 2.12. The van der Waals surface area contributed by atoms with Crippen LogP contribution in [0.15, 0.2) is 12.3 Å². The lowest BCUT2D eigenvalue weighted by atomic mass is 10.2. The van der Waals surface area contributed by atoms with Gasteiger partial charge in [-0.25, -0.2) is 4.98 Å². The van der Waals surface area contributed by atoms with Crippen molar-refractivity contribution in [3.8, 4) is 5.88 Å². The van der Waals surface area contributed by atoms with E-state index >= 15 is 0 Å². The quantitative estimate of drug-likeness (QED) is 0.518. The van der Waals surface area contributed by atoms with Gasteiger partial charge >= 0.3 is 0 Å². The molecule has 0 aliphatic rings. The van der Waals surface area contributed by atoms with Gasteiger partial charge in [0.1, 0.15) is 0 Å². The number of aromatic nitrogens is 2. The third kappa shape index (κ3) is 5.67. The zero-order valence-corrected chi connectivity index (χ0v) is 12.8. The van der Waals surface area contributed by atoms with Gasteiger partial charge in [-0.05, 0) is 19.3 Å². The summed E-state index contributed by atoms with van der Waals surface area (Å²) >= 11 is 3.44. The van der Waals surface area contributed by atoms with Crippen LogP contribution in [0.5, 0.6) is 5.88 Å². The molecule has 1 aromatic heterocycles. The molecule has 5 heteroatoms. The molecule has 0 aromatic carbocycles. The predicted octanol–water partition coefficient (Wildman–Crippen LogP) is 3.27. The second-order valence-corrected chi connectivity index (χ2v) is 5.01. The molecule has 0 saturated carbocycles. The number of alkyl halides is 1. The smallest absolute Gasteiger partial charge is 0.228 e. The molecule has 0 atom stereocenters. The first kappa shape index (κ1) is 15.2. The SMILES string of the molecule is CCCOc1ccnc(N(C)CCCCCBr)n1. The minimum atomic E-state index is 0.661. The van der Waals surface area contributed by atoms with E-state index in [1.807, 2.05) is 7.05 Å². The van der Waals surface area contributed by atoms with Gasteiger partial charge in [-0.3, -0.25) is 0 Å². The summed E-state index contributed by atoms with van der Waals surface area (Å²) in [6.07, 6.45) is 6.34. The van der Waals surface area contributed by atoms with Crippen LogP contribution < -0.4 is 9.64 Å². The Bertz CT molecular complexity index is 336. The molecule has 1 aromatic rings. The van der Waals surface area contributed by atoms with Gasteiger partial charge in [0, 0.05) is 31.2 Å². The van der Waals surface area contributed by atoms with Crippen LogP contribution in [0, 0.1) is 0 Å². The number of anilines is 1. The maximum atomic E-state index is 5.51. The molecule has 0 unspecified atom stereocenters. The van der Waals surface area contributed by atoms with Crippen LogP contribution in [0.3, 0.4) is 0 Å². The molecule has 0 N–H and O–H groups in total. The van der Waals surface area contributed by atoms with Crippen LogP contribution in [0.1, 0.15) is 32.6 Å². The second-order valence-electron chi connectivity index (χ2n) is 4.21. The number of rotatable bonds is 9. The minimum Gasteiger partial charge on any atom is -0.478 e. The first-order valence-corrected chi connectivity index (χ1v) is 7.63. The lowest BCUT2D eigenvalue weighted by Crippen LogP contribution is -2.21. The summed E-state index contributed by atoms with van der Waals surface area (Å²) < 4.78 is 5.51. The summed E-state index contributed by atoms with van der Waals surface area (Å²) in [5.41, 5.74) is 0. The Kier molecular flexibility index (Phi) is 7.73. The van der Waals surface area contributed by atoms with Crippen molar-refractivity contribution in [1.82, 2.24) is 9.97 Å². The van der Waals surface area contributed by atoms with Crippen molar-refractivity contribution in [2.24, 2.45) is 0 Å². The third-order valence-electron chi connectivity index (χ3n) is 2.54. The Morgan fingerprint density at radius 2 is 2.17 bits per heavy atom. The summed E-state index contributed by atoms with van der Waals surface area (Å²) in [7, 11) is 2.02. The van der Waals surface area contributed by atoms with Gasteiger partial charge in [-0.1, -0.05) is 29.3 Å². The summed E-state index contributed by atoms with van der Waals surface area (Å²) in [4.78, 5) is 10.7. The van der Waals surface area contributed by atoms with Gasteiger partial charge in [-0.2, -0.15) is 4.98 Å². The van der Waals surface area contributed by atoms with Crippen LogP contribution in [0.2, 0.25) is 0 Å². The summed E-state index contributed by atoms with van der Waals surface area (Å²) in [6.45, 7) is 3.76. The summed E-state index contributed by atoms with van der Waals surface area (Å²) in [5.74, 6) is 1.40. The fraction of sp³-hybridized carbons (Fsp3) is 0.692. The first-order chi connectivity index (χ1) is 8.77. The van der Waals surface area contributed by atoms with E-state index in [4.69, 9.17) is 4.74 Å². The number of ether oxygens (including phenoxy) is 1. The normalized spacial score (nSPS) is 10.4. The van der Waals surface area contributed by atoms with E-state index < -0.39 is 0 Å². The highest BCUT2D eigenvalue weighted by molar-refractivity contribution is 9.09. The maximum Gasteiger partial charge on any atom is 0.228 e. The average molecular weight is 316 g/mol. The molecule has 1 rings (SSSR count). The zero-order chi connectivity index (χ0) is 13.2. The molecule has 0 bridgehead atoms. The highest BCUT2D eigenvalue weighted by atomic mass is 79.9. The van der Waals surface area contributed by atoms with Gasteiger partial charge in [0.15, 0.2) is 0 Å². The van der Waals surface area contributed by atoms with Crippen molar-refractivity contribution in [3.05, 3.63) is 12.3 Å². The zero-order valence-electron chi connectivity index (χ0n) is 11.2. The van der Waals surface area contributed by atoms with Crippen LogP contribution in [0.4, 0.5) is 5.95 Å². The fourth-order valence-electron chi connectivity index (χ4n) is 1.52. The van der Waals surface area contributed by atoms with Crippen LogP contribution in [0.25, 0.3) is 0 Å². The lowest BCUT2D eigenvalue weighted by Gasteiger charge is -2.17. The standard InChI is InChI=1S/C13H22BrN3O/c1-3-11-18-12-7-9-15-13(16-12)17(2)10-6-4-5-8-14/h7,9H,3-6,8,10-11H2,1-2H3. The van der Waals surface area contributed by atoms with Crippen molar-refractivity contribution in [1.29, 1.82) is 0 Å². The van der Waals surface area contributed by atoms with E-state index in [2.05, 4.69) is 37.7 Å². The molecule has 0 saturated heterocycles. The lowest BCUT2D eigenvalue weighted by molar-refractivity contribution is 0.305. The van der Waals surface area contributed by atoms with Crippen molar-refractivity contribution >= 4 is 21.9 Å². The molecule has 18 heavy (non-hydrogen) atoms. The molecular formula is C13H22BrN3O. The van der Waals surface area contributed by atoms with Crippen molar-refractivity contribution in [3.63, 3.8) is 0 Å². The van der Waals surface area contributed by atoms with E-state index in [0.717, 1.165) is 30.7 Å². The van der Waals surface area contributed by atoms with E-state index in [0.29, 0.717) is 12.5 Å². The van der Waals surface area contributed by atoms with Crippen molar-refractivity contribution in [2.75, 3.05) is 30.4 Å². The van der Waals surface area contributed by atoms with E-state index in [1.165, 1.54) is 12.8 Å². The summed E-state index contributed by atoms with van der Waals surface area (Å²) in [6, 6.07) is 1.80. The number of hydrogen-bond acceptors (Lipinski definition) is 4. The molecule has 102 valence electrons. The topological polar surface area (TPSA) is 38.2 Å². The Balaban J connectivity index is 2.43. The van der Waals surface area contributed by atoms with Gasteiger partial charge in [0.2, 0.25) is 11.8 Å². The number of hydrogen-bond donors (Lipinski definition) is 0. The largest absolute Gasteiger partial charge is 0.478 e. The molecule has 0 aliphatic carbocycles. The molecule has 1 heterocycles. The first-order valence-electron chi connectivity index (χ1n) is 6.51. The predicted molar refractivity (Wildman–Crippen MR) is 78.7 cm³/mol. The van der Waals surface area contributed by atoms with Gasteiger partial charge in [-0.15, -0.1) is 0 Å². The van der Waals surface area contributed by atoms with E-state index in [9.17, 15) is 0 Å². The van der Waals surface area contributed by atoms with Gasteiger partial charge < -0.3 is 9.64 Å². The summed E-state index contributed by atoms with van der Waals surface area (Å²) in [5, 5.41) is 1.08. The maximum absolute atomic E-state index is 5.51. The van der Waals surface area contributed by atoms with Crippen LogP contribution in [-0.4, -0.2) is 35.5 Å². The third-order valence-corrected chi connectivity index (χ3v) is 3.10. The molecule has 0 aliphatic heterocycles. The molecule has 0 fully saturated rings. The molecular weight excluding hydrogens is 294 g/mol. The van der Waals surface area contributed by atoms with E-state index in [-0.39, 0.29) is 0 Å². The van der Waals surface area contributed by atoms with Crippen molar-refractivity contribution in [2.45, 2.75) is 32.6 Å². The Hall–Kier alpha value is -0.840. The average Bonchev–Trinajstić information content (AvgIpc) is 2.41. The van der Waals surface area contributed by atoms with Crippen LogP contribution in [-0.2, 0) is 0 Å². The number of halogens is 1. The Morgan fingerprint density at radius 3 is 2.89 bits per heavy atom. The Labute approximate surface area is 118 Å². The molecule has 0 amide bonds. The minimum absolute atomic E-state index is 0.661. The van der Waals surface area contributed by atoms with Gasteiger partial charge in [0.25, 0.3) is 0 Å². The van der Waals surface area contributed by atoms with Crippen LogP contribution >= 0.6 is 15.9 Å². The monoisotopic (exact) mass is 315 g/mol. The van der Waals surface area contributed by atoms with E-state index in [1.54, 1.807) is 12.3 Å². The number of nitrogens with zero attached hydrogens (tertiary/aromatic N) is 3. The Morgan fingerprint density at radius 1 is 1.33 bits per heavy atom. The molecule has 0 spiro atoms. The fourth-order valence-corrected chi connectivity index (χ4v) is 1.92. The number of unbranched alkanes of at least 4 members (excludes halogenated alkanes) is 2. The molecule has 4 nitrogen and oxygen atoms in total. The highest BCUT2D eigenvalue weighted by Gasteiger charge is 2.05. The molecule has 0 radical (unpaired) electrons. The van der Waals surface area contributed by atoms with Gasteiger partial charge in [0.05, 0.1) is 6.61 Å². The second kappa shape index (κ2) is 9.14.